The molecule has 27 heavy (non-hydrogen) atoms. The molecule has 1 aliphatic rings. The van der Waals surface area contributed by atoms with Crippen LogP contribution < -0.4 is 10.1 Å². The normalized spacial score (nSPS) is 15.3. The van der Waals surface area contributed by atoms with Gasteiger partial charge in [0.2, 0.25) is 0 Å². The van der Waals surface area contributed by atoms with Gasteiger partial charge in [0.15, 0.2) is 11.6 Å². The number of halogens is 1. The van der Waals surface area contributed by atoms with Gasteiger partial charge in [-0.2, -0.15) is 0 Å². The molecule has 1 heterocycles. The summed E-state index contributed by atoms with van der Waals surface area (Å²) in [7, 11) is 0. The van der Waals surface area contributed by atoms with E-state index in [0.29, 0.717) is 12.4 Å². The quantitative estimate of drug-likeness (QED) is 0.514. The van der Waals surface area contributed by atoms with Crippen LogP contribution in [-0.4, -0.2) is 29.5 Å². The van der Waals surface area contributed by atoms with Gasteiger partial charge in [-0.25, -0.2) is 8.70 Å². The van der Waals surface area contributed by atoms with Crippen molar-refractivity contribution in [2.45, 2.75) is 32.7 Å². The molecule has 3 nitrogen and oxygen atoms in total. The van der Waals surface area contributed by atoms with E-state index in [9.17, 15) is 4.39 Å². The molecule has 3 rings (SSSR count). The molecule has 1 aliphatic heterocycles. The van der Waals surface area contributed by atoms with Crippen LogP contribution in [0.4, 0.5) is 4.39 Å². The molecule has 0 bridgehead atoms. The van der Waals surface area contributed by atoms with Crippen LogP contribution in [0.3, 0.4) is 0 Å². The second-order valence-electron chi connectivity index (χ2n) is 7.53. The maximum atomic E-state index is 13.6. The molecule has 0 aliphatic carbocycles. The Morgan fingerprint density at radius 3 is 2.48 bits per heavy atom. The van der Waals surface area contributed by atoms with Gasteiger partial charge < -0.3 is 10.1 Å². The van der Waals surface area contributed by atoms with Gasteiger partial charge in [-0.15, -0.1) is 0 Å². The van der Waals surface area contributed by atoms with Crippen LogP contribution in [0.5, 0.6) is 5.75 Å². The fraction of sp³-hybridized carbons (Fsp3) is 0.364. The van der Waals surface area contributed by atoms with Gasteiger partial charge in [-0.3, -0.25) is 0 Å². The molecule has 2 aromatic rings. The third-order valence-corrected chi connectivity index (χ3v) is 5.88. The first-order valence-electron chi connectivity index (χ1n) is 9.30. The van der Waals surface area contributed by atoms with Crippen molar-refractivity contribution in [2.24, 2.45) is 0 Å². The maximum Gasteiger partial charge on any atom is 0.165 e. The van der Waals surface area contributed by atoms with E-state index < -0.39 is 0 Å². The second kappa shape index (κ2) is 8.81. The average Bonchev–Trinajstić information content (AvgIpc) is 3.08. The molecule has 144 valence electrons. The zero-order valence-electron chi connectivity index (χ0n) is 16.2. The number of benzene rings is 2. The average molecular weight is 387 g/mol. The Hall–Kier alpha value is -1.98. The molecular weight excluding hydrogens is 359 g/mol. The van der Waals surface area contributed by atoms with Gasteiger partial charge in [-0.1, -0.05) is 42.5 Å². The van der Waals surface area contributed by atoms with Crippen LogP contribution in [0.1, 0.15) is 32.8 Å². The molecule has 2 aromatic carbocycles. The zero-order valence-corrected chi connectivity index (χ0v) is 17.0. The van der Waals surface area contributed by atoms with E-state index in [4.69, 9.17) is 4.74 Å². The number of hydrogen-bond acceptors (Lipinski definition) is 4. The highest BCUT2D eigenvalue weighted by Gasteiger charge is 2.31. The van der Waals surface area contributed by atoms with Crippen molar-refractivity contribution in [1.82, 2.24) is 9.62 Å². The Bertz CT molecular complexity index is 786. The molecule has 0 unspecified atom stereocenters. The summed E-state index contributed by atoms with van der Waals surface area (Å²) in [5, 5.41) is 3.58. The third kappa shape index (κ3) is 5.27. The largest absolute Gasteiger partial charge is 0.490 e. The lowest BCUT2D eigenvalue weighted by molar-refractivity contribution is 0.286. The lowest BCUT2D eigenvalue weighted by Crippen LogP contribution is -2.36. The van der Waals surface area contributed by atoms with Crippen molar-refractivity contribution in [2.75, 3.05) is 19.7 Å². The molecule has 0 atom stereocenters. The van der Waals surface area contributed by atoms with E-state index in [0.717, 1.165) is 19.5 Å². The number of nitrogens with one attached hydrogen (secondary N) is 1. The zero-order chi connectivity index (χ0) is 19.3. The van der Waals surface area contributed by atoms with Crippen molar-refractivity contribution >= 4 is 16.9 Å². The number of nitrogens with zero attached hydrogens (tertiary/aromatic N) is 1. The number of hydrogen-bond donors (Lipinski definition) is 1. The molecule has 5 heteroatoms. The van der Waals surface area contributed by atoms with Crippen molar-refractivity contribution in [3.05, 3.63) is 71.7 Å². The van der Waals surface area contributed by atoms with Crippen LogP contribution in [0, 0.1) is 5.82 Å². The van der Waals surface area contributed by atoms with Crippen LogP contribution in [0.15, 0.2) is 60.3 Å². The maximum absolute atomic E-state index is 13.6. The summed E-state index contributed by atoms with van der Waals surface area (Å²) < 4.78 is 21.5. The fourth-order valence-corrected chi connectivity index (χ4v) is 3.97. The van der Waals surface area contributed by atoms with Crippen molar-refractivity contribution in [3.63, 3.8) is 0 Å². The molecule has 0 fully saturated rings. The van der Waals surface area contributed by atoms with E-state index in [1.165, 1.54) is 22.2 Å². The highest BCUT2D eigenvalue weighted by molar-refractivity contribution is 8.06. The molecule has 0 saturated carbocycles. The standard InChI is InChI=1S/C22H27FN2OS/c1-22(2,3)25-16-19(21(27-25)17-10-5-4-6-11-17)24-14-9-15-26-20-13-8-7-12-18(20)23/h4-8,10-13,24H,9,14-16H2,1-3H3. The Kier molecular flexibility index (Phi) is 6.45. The predicted molar refractivity (Wildman–Crippen MR) is 112 cm³/mol. The number of rotatable bonds is 7. The first-order valence-corrected chi connectivity index (χ1v) is 10.1. The number of para-hydroxylation sites is 1. The van der Waals surface area contributed by atoms with Gasteiger partial charge >= 0.3 is 0 Å². The van der Waals surface area contributed by atoms with Crippen molar-refractivity contribution in [3.8, 4) is 5.75 Å². The van der Waals surface area contributed by atoms with E-state index in [1.807, 2.05) is 18.0 Å². The van der Waals surface area contributed by atoms with E-state index in [-0.39, 0.29) is 11.4 Å². The highest BCUT2D eigenvalue weighted by atomic mass is 32.2. The lowest BCUT2D eigenvalue weighted by atomic mass is 10.1. The van der Waals surface area contributed by atoms with E-state index in [2.05, 4.69) is 54.7 Å². The minimum atomic E-state index is -0.312. The van der Waals surface area contributed by atoms with Crippen molar-refractivity contribution in [1.29, 1.82) is 0 Å². The van der Waals surface area contributed by atoms with E-state index in [1.54, 1.807) is 18.2 Å². The topological polar surface area (TPSA) is 24.5 Å². The van der Waals surface area contributed by atoms with Gasteiger partial charge in [0.25, 0.3) is 0 Å². The van der Waals surface area contributed by atoms with E-state index >= 15 is 0 Å². The summed E-state index contributed by atoms with van der Waals surface area (Å²) in [6.45, 7) is 8.85. The van der Waals surface area contributed by atoms with Crippen LogP contribution in [-0.2, 0) is 0 Å². The summed E-state index contributed by atoms with van der Waals surface area (Å²) in [6, 6.07) is 17.0. The summed E-state index contributed by atoms with van der Waals surface area (Å²) in [5.41, 5.74) is 2.56. The fourth-order valence-electron chi connectivity index (χ4n) is 2.80. The highest BCUT2D eigenvalue weighted by Crippen LogP contribution is 2.42. The Balaban J connectivity index is 1.58. The summed E-state index contributed by atoms with van der Waals surface area (Å²) in [4.78, 5) is 1.28. The van der Waals surface area contributed by atoms with Gasteiger partial charge in [0, 0.05) is 17.8 Å². The SMILES string of the molecule is CC(C)(C)N1CC(NCCCOc2ccccc2F)=C(c2ccccc2)S1. The minimum absolute atomic E-state index is 0.0854. The first-order chi connectivity index (χ1) is 12.9. The summed E-state index contributed by atoms with van der Waals surface area (Å²) >= 11 is 1.81. The molecule has 0 amide bonds. The predicted octanol–water partition coefficient (Wildman–Crippen LogP) is 5.32. The van der Waals surface area contributed by atoms with Gasteiger partial charge in [-0.05, 0) is 56.8 Å². The van der Waals surface area contributed by atoms with Crippen molar-refractivity contribution < 1.29 is 9.13 Å². The molecule has 0 radical (unpaired) electrons. The Morgan fingerprint density at radius 2 is 1.78 bits per heavy atom. The smallest absolute Gasteiger partial charge is 0.165 e. The molecule has 0 aromatic heterocycles. The molecule has 1 N–H and O–H groups in total. The third-order valence-electron chi connectivity index (χ3n) is 4.32. The molecule has 0 spiro atoms. The summed E-state index contributed by atoms with van der Waals surface area (Å²) in [6.07, 6.45) is 0.806. The Labute approximate surface area is 165 Å². The first kappa shape index (κ1) is 19.8. The summed E-state index contributed by atoms with van der Waals surface area (Å²) in [5.74, 6) is 0.00423. The molecule has 0 saturated heterocycles. The molecular formula is C22H27FN2OS. The van der Waals surface area contributed by atoms with Gasteiger partial charge in [0.1, 0.15) is 0 Å². The van der Waals surface area contributed by atoms with Gasteiger partial charge in [0.05, 0.1) is 18.1 Å². The van der Waals surface area contributed by atoms with Crippen LogP contribution in [0.2, 0.25) is 0 Å². The lowest BCUT2D eigenvalue weighted by Gasteiger charge is -2.30. The van der Waals surface area contributed by atoms with Crippen LogP contribution in [0.25, 0.3) is 4.91 Å². The number of ether oxygens (including phenoxy) is 1. The second-order valence-corrected chi connectivity index (χ2v) is 8.56. The minimum Gasteiger partial charge on any atom is -0.490 e. The monoisotopic (exact) mass is 386 g/mol. The van der Waals surface area contributed by atoms with Crippen LogP contribution >= 0.6 is 11.9 Å². The Morgan fingerprint density at radius 1 is 1.07 bits per heavy atom.